The van der Waals surface area contributed by atoms with Crippen LogP contribution in [0, 0.1) is 9.81 Å². The number of benzene rings is 1. The molecule has 1 atom stereocenters. The third-order valence-corrected chi connectivity index (χ3v) is 4.60. The Morgan fingerprint density at radius 2 is 1.95 bits per heavy atom. The Kier molecular flexibility index (Phi) is 4.22. The standard InChI is InChI=1S/C13H10F3IOS/c1-7-4-9(13(14,15)16)2-3-10(7)12(18)8-5-11(17)19-6-8/h2-6,12,18H,1H3. The van der Waals surface area contributed by atoms with Gasteiger partial charge in [-0.2, -0.15) is 13.2 Å². The Balaban J connectivity index is 2.36. The van der Waals surface area contributed by atoms with Crippen LogP contribution in [0.15, 0.2) is 29.6 Å². The fraction of sp³-hybridized carbons (Fsp3) is 0.231. The van der Waals surface area contributed by atoms with Gasteiger partial charge in [0.25, 0.3) is 0 Å². The highest BCUT2D eigenvalue weighted by Crippen LogP contribution is 2.34. The van der Waals surface area contributed by atoms with Crippen molar-refractivity contribution in [3.8, 4) is 0 Å². The number of aliphatic hydroxyl groups is 1. The molecule has 19 heavy (non-hydrogen) atoms. The first-order valence-electron chi connectivity index (χ1n) is 5.39. The van der Waals surface area contributed by atoms with E-state index in [1.807, 2.05) is 11.4 Å². The number of alkyl halides is 3. The molecule has 0 aliphatic heterocycles. The first-order valence-corrected chi connectivity index (χ1v) is 7.34. The molecule has 2 aromatic rings. The molecule has 0 bridgehead atoms. The van der Waals surface area contributed by atoms with Crippen LogP contribution < -0.4 is 0 Å². The van der Waals surface area contributed by atoms with Crippen molar-refractivity contribution in [1.82, 2.24) is 0 Å². The van der Waals surface area contributed by atoms with E-state index in [0.29, 0.717) is 16.7 Å². The third kappa shape index (κ3) is 3.29. The van der Waals surface area contributed by atoms with Crippen LogP contribution in [-0.2, 0) is 6.18 Å². The van der Waals surface area contributed by atoms with Crippen molar-refractivity contribution in [2.45, 2.75) is 19.2 Å². The van der Waals surface area contributed by atoms with E-state index in [1.54, 1.807) is 6.92 Å². The van der Waals surface area contributed by atoms with Crippen LogP contribution in [0.1, 0.15) is 28.4 Å². The normalized spacial score (nSPS) is 13.6. The van der Waals surface area contributed by atoms with E-state index in [9.17, 15) is 18.3 Å². The van der Waals surface area contributed by atoms with Gasteiger partial charge in [-0.3, -0.25) is 0 Å². The second kappa shape index (κ2) is 5.41. The minimum Gasteiger partial charge on any atom is -0.384 e. The molecule has 1 nitrogen and oxygen atoms in total. The molecule has 0 fully saturated rings. The second-order valence-electron chi connectivity index (χ2n) is 4.16. The molecular formula is C13H10F3IOS. The smallest absolute Gasteiger partial charge is 0.384 e. The minimum absolute atomic E-state index is 0.434. The molecule has 0 amide bonds. The van der Waals surface area contributed by atoms with Crippen LogP contribution in [0.5, 0.6) is 0 Å². The summed E-state index contributed by atoms with van der Waals surface area (Å²) in [5.74, 6) is 0. The van der Waals surface area contributed by atoms with Gasteiger partial charge in [-0.25, -0.2) is 0 Å². The summed E-state index contributed by atoms with van der Waals surface area (Å²) in [7, 11) is 0. The molecule has 0 saturated heterocycles. The summed E-state index contributed by atoms with van der Waals surface area (Å²) in [6.07, 6.45) is -5.24. The van der Waals surface area contributed by atoms with Crippen molar-refractivity contribution < 1.29 is 18.3 Å². The van der Waals surface area contributed by atoms with E-state index in [4.69, 9.17) is 0 Å². The van der Waals surface area contributed by atoms with Gasteiger partial charge in [0.1, 0.15) is 6.10 Å². The van der Waals surface area contributed by atoms with Gasteiger partial charge < -0.3 is 5.11 Å². The van der Waals surface area contributed by atoms with Gasteiger partial charge in [-0.1, -0.05) is 6.07 Å². The van der Waals surface area contributed by atoms with Crippen LogP contribution in [0.4, 0.5) is 13.2 Å². The third-order valence-electron chi connectivity index (χ3n) is 2.80. The maximum atomic E-state index is 12.6. The van der Waals surface area contributed by atoms with Crippen molar-refractivity contribution in [3.05, 3.63) is 54.8 Å². The quantitative estimate of drug-likeness (QED) is 0.724. The zero-order chi connectivity index (χ0) is 14.2. The number of rotatable bonds is 2. The first-order chi connectivity index (χ1) is 8.79. The van der Waals surface area contributed by atoms with Gasteiger partial charge in [-0.15, -0.1) is 11.3 Å². The highest BCUT2D eigenvalue weighted by atomic mass is 127. The van der Waals surface area contributed by atoms with E-state index in [2.05, 4.69) is 22.6 Å². The molecule has 0 radical (unpaired) electrons. The molecule has 2 rings (SSSR count). The molecule has 102 valence electrons. The van der Waals surface area contributed by atoms with Crippen LogP contribution in [0.3, 0.4) is 0 Å². The van der Waals surface area contributed by atoms with Crippen molar-refractivity contribution >= 4 is 33.9 Å². The Bertz CT molecular complexity index is 592. The largest absolute Gasteiger partial charge is 0.416 e. The van der Waals surface area contributed by atoms with E-state index < -0.39 is 17.8 Å². The zero-order valence-corrected chi connectivity index (χ0v) is 12.8. The van der Waals surface area contributed by atoms with Crippen molar-refractivity contribution in [3.63, 3.8) is 0 Å². The Morgan fingerprint density at radius 1 is 1.26 bits per heavy atom. The van der Waals surface area contributed by atoms with Crippen molar-refractivity contribution in [2.75, 3.05) is 0 Å². The van der Waals surface area contributed by atoms with Crippen molar-refractivity contribution in [2.24, 2.45) is 0 Å². The Hall–Kier alpha value is -0.600. The number of hydrogen-bond donors (Lipinski definition) is 1. The molecule has 1 heterocycles. The van der Waals surface area contributed by atoms with Gasteiger partial charge >= 0.3 is 6.18 Å². The minimum atomic E-state index is -4.36. The average molecular weight is 398 g/mol. The number of hydrogen-bond acceptors (Lipinski definition) is 2. The summed E-state index contributed by atoms with van der Waals surface area (Å²) in [4.78, 5) is 0. The van der Waals surface area contributed by atoms with Gasteiger partial charge in [0.2, 0.25) is 0 Å². The molecule has 0 aliphatic rings. The van der Waals surface area contributed by atoms with Gasteiger partial charge in [0, 0.05) is 0 Å². The van der Waals surface area contributed by atoms with Gasteiger partial charge in [0.15, 0.2) is 0 Å². The highest BCUT2D eigenvalue weighted by Gasteiger charge is 2.31. The van der Waals surface area contributed by atoms with Gasteiger partial charge in [-0.05, 0) is 69.8 Å². The molecule has 1 aromatic carbocycles. The summed E-state index contributed by atoms with van der Waals surface area (Å²) in [5.41, 5.74) is 0.948. The monoisotopic (exact) mass is 398 g/mol. The van der Waals surface area contributed by atoms with Crippen LogP contribution >= 0.6 is 33.9 Å². The fourth-order valence-corrected chi connectivity index (χ4v) is 3.20. The molecule has 0 spiro atoms. The SMILES string of the molecule is Cc1cc(C(F)(F)F)ccc1C(O)c1csc(I)c1. The summed E-state index contributed by atoms with van der Waals surface area (Å²) in [6.45, 7) is 1.57. The topological polar surface area (TPSA) is 20.2 Å². The maximum Gasteiger partial charge on any atom is 0.416 e. The Labute approximate surface area is 126 Å². The molecule has 1 N–H and O–H groups in total. The maximum absolute atomic E-state index is 12.6. The van der Waals surface area contributed by atoms with E-state index in [1.165, 1.54) is 17.4 Å². The predicted molar refractivity (Wildman–Crippen MR) is 77.3 cm³/mol. The molecule has 6 heteroatoms. The van der Waals surface area contributed by atoms with Crippen LogP contribution in [0.25, 0.3) is 0 Å². The number of aryl methyl sites for hydroxylation is 1. The lowest BCUT2D eigenvalue weighted by Crippen LogP contribution is -2.07. The van der Waals surface area contributed by atoms with E-state index >= 15 is 0 Å². The lowest BCUT2D eigenvalue weighted by atomic mass is 9.97. The number of thiophene rings is 1. The highest BCUT2D eigenvalue weighted by molar-refractivity contribution is 14.1. The molecule has 0 saturated carbocycles. The average Bonchev–Trinajstić information content (AvgIpc) is 2.73. The Morgan fingerprint density at radius 3 is 2.42 bits per heavy atom. The van der Waals surface area contributed by atoms with E-state index in [0.717, 1.165) is 15.0 Å². The zero-order valence-electron chi connectivity index (χ0n) is 9.83. The lowest BCUT2D eigenvalue weighted by Gasteiger charge is -2.15. The van der Waals surface area contributed by atoms with Crippen LogP contribution in [0.2, 0.25) is 0 Å². The first kappa shape index (κ1) is 14.8. The molecule has 0 aliphatic carbocycles. The molecular weight excluding hydrogens is 388 g/mol. The lowest BCUT2D eigenvalue weighted by molar-refractivity contribution is -0.137. The predicted octanol–water partition coefficient (Wildman–Crippen LogP) is 4.76. The molecule has 1 aromatic heterocycles. The van der Waals surface area contributed by atoms with Gasteiger partial charge in [0.05, 0.1) is 8.45 Å². The molecule has 1 unspecified atom stereocenters. The summed E-state index contributed by atoms with van der Waals surface area (Å²) >= 11 is 3.62. The number of halogens is 4. The summed E-state index contributed by atoms with van der Waals surface area (Å²) < 4.78 is 38.7. The van der Waals surface area contributed by atoms with Crippen LogP contribution in [-0.4, -0.2) is 5.11 Å². The van der Waals surface area contributed by atoms with Crippen molar-refractivity contribution in [1.29, 1.82) is 0 Å². The fourth-order valence-electron chi connectivity index (χ4n) is 1.81. The second-order valence-corrected chi connectivity index (χ2v) is 6.96. The van der Waals surface area contributed by atoms with E-state index in [-0.39, 0.29) is 0 Å². The summed E-state index contributed by atoms with van der Waals surface area (Å²) in [6, 6.07) is 5.24. The summed E-state index contributed by atoms with van der Waals surface area (Å²) in [5, 5.41) is 12.0. The number of aliphatic hydroxyl groups excluding tert-OH is 1.